The molecule has 15 heavy (non-hydrogen) atoms. The smallest absolute Gasteiger partial charge is 0.228 e. The second-order valence-corrected chi connectivity index (χ2v) is 5.78. The van der Waals surface area contributed by atoms with Crippen molar-refractivity contribution in [3.63, 3.8) is 0 Å². The standard InChI is InChI=1S/C12H18INO/c13-11-8-9-6-4-2-1-3-5-7-10(9)12(15)14-11/h8-10H,1-7H2,(H,14,15). The Morgan fingerprint density at radius 2 is 1.80 bits per heavy atom. The maximum absolute atomic E-state index is 11.9. The van der Waals surface area contributed by atoms with Gasteiger partial charge >= 0.3 is 0 Å². The van der Waals surface area contributed by atoms with Crippen molar-refractivity contribution in [1.29, 1.82) is 0 Å². The van der Waals surface area contributed by atoms with Crippen molar-refractivity contribution in [2.24, 2.45) is 11.8 Å². The highest BCUT2D eigenvalue weighted by Crippen LogP contribution is 2.32. The lowest BCUT2D eigenvalue weighted by molar-refractivity contribution is -0.126. The Balaban J connectivity index is 2.10. The fourth-order valence-electron chi connectivity index (χ4n) is 2.65. The summed E-state index contributed by atoms with van der Waals surface area (Å²) in [7, 11) is 0. The SMILES string of the molecule is O=C1NC(I)=CC2CCCCCCCC12. The first-order valence-corrected chi connectivity index (χ1v) is 7.03. The highest BCUT2D eigenvalue weighted by Gasteiger charge is 2.30. The summed E-state index contributed by atoms with van der Waals surface area (Å²) in [6, 6.07) is 0. The molecule has 0 aromatic carbocycles. The van der Waals surface area contributed by atoms with E-state index in [1.54, 1.807) is 0 Å². The van der Waals surface area contributed by atoms with Gasteiger partial charge in [-0.1, -0.05) is 38.2 Å². The lowest BCUT2D eigenvalue weighted by Crippen LogP contribution is -2.37. The molecule has 1 heterocycles. The predicted molar refractivity (Wildman–Crippen MR) is 69.5 cm³/mol. The van der Waals surface area contributed by atoms with Crippen molar-refractivity contribution in [2.75, 3.05) is 0 Å². The average molecular weight is 319 g/mol. The van der Waals surface area contributed by atoms with Crippen LogP contribution in [0.2, 0.25) is 0 Å². The molecule has 2 aliphatic rings. The van der Waals surface area contributed by atoms with Crippen molar-refractivity contribution in [1.82, 2.24) is 5.32 Å². The van der Waals surface area contributed by atoms with E-state index in [0.29, 0.717) is 5.92 Å². The van der Waals surface area contributed by atoms with Crippen molar-refractivity contribution in [3.8, 4) is 0 Å². The molecule has 2 rings (SSSR count). The molecule has 2 atom stereocenters. The molecule has 1 aliphatic carbocycles. The number of carbonyl (C=O) groups excluding carboxylic acids is 1. The van der Waals surface area contributed by atoms with E-state index in [1.807, 2.05) is 0 Å². The summed E-state index contributed by atoms with van der Waals surface area (Å²) in [5.74, 6) is 1.01. The van der Waals surface area contributed by atoms with Gasteiger partial charge < -0.3 is 5.32 Å². The van der Waals surface area contributed by atoms with E-state index in [0.717, 1.165) is 10.1 Å². The van der Waals surface area contributed by atoms with E-state index in [2.05, 4.69) is 34.0 Å². The number of hydrogen-bond acceptors (Lipinski definition) is 1. The van der Waals surface area contributed by atoms with Crippen LogP contribution in [0.5, 0.6) is 0 Å². The molecule has 1 aliphatic heterocycles. The summed E-state index contributed by atoms with van der Waals surface area (Å²) >= 11 is 2.22. The molecule has 0 aromatic rings. The molecule has 1 fully saturated rings. The van der Waals surface area contributed by atoms with Gasteiger partial charge in [0.1, 0.15) is 0 Å². The molecular formula is C12H18INO. The summed E-state index contributed by atoms with van der Waals surface area (Å²) in [5, 5.41) is 2.96. The molecule has 0 aromatic heterocycles. The van der Waals surface area contributed by atoms with Crippen molar-refractivity contribution in [2.45, 2.75) is 44.9 Å². The van der Waals surface area contributed by atoms with Gasteiger partial charge in [-0.25, -0.2) is 0 Å². The Morgan fingerprint density at radius 3 is 2.60 bits per heavy atom. The van der Waals surface area contributed by atoms with E-state index < -0.39 is 0 Å². The molecule has 1 amide bonds. The molecule has 0 radical (unpaired) electrons. The second kappa shape index (κ2) is 5.32. The van der Waals surface area contributed by atoms with Crippen LogP contribution >= 0.6 is 22.6 Å². The highest BCUT2D eigenvalue weighted by molar-refractivity contribution is 14.1. The minimum atomic E-state index is 0.251. The molecule has 1 saturated carbocycles. The minimum Gasteiger partial charge on any atom is -0.321 e. The molecule has 0 bridgehead atoms. The Hall–Kier alpha value is -0.0600. The first-order chi connectivity index (χ1) is 7.27. The van der Waals surface area contributed by atoms with Gasteiger partial charge in [0.15, 0.2) is 0 Å². The van der Waals surface area contributed by atoms with Crippen LogP contribution in [0.1, 0.15) is 44.9 Å². The van der Waals surface area contributed by atoms with E-state index in [4.69, 9.17) is 0 Å². The van der Waals surface area contributed by atoms with E-state index >= 15 is 0 Å². The van der Waals surface area contributed by atoms with Crippen LogP contribution in [-0.4, -0.2) is 5.91 Å². The second-order valence-electron chi connectivity index (χ2n) is 4.62. The largest absolute Gasteiger partial charge is 0.321 e. The number of halogens is 1. The predicted octanol–water partition coefficient (Wildman–Crippen LogP) is 3.37. The van der Waals surface area contributed by atoms with Crippen LogP contribution < -0.4 is 5.32 Å². The summed E-state index contributed by atoms with van der Waals surface area (Å²) in [6.45, 7) is 0. The first-order valence-electron chi connectivity index (χ1n) is 5.95. The molecule has 3 heteroatoms. The molecule has 0 spiro atoms. The Kier molecular flexibility index (Phi) is 4.05. The molecule has 84 valence electrons. The third-order valence-electron chi connectivity index (χ3n) is 3.51. The number of fused-ring (bicyclic) bond motifs is 1. The quantitative estimate of drug-likeness (QED) is 0.538. The zero-order valence-corrected chi connectivity index (χ0v) is 11.1. The van der Waals surface area contributed by atoms with Crippen molar-refractivity contribution in [3.05, 3.63) is 9.78 Å². The Morgan fingerprint density at radius 1 is 1.13 bits per heavy atom. The van der Waals surface area contributed by atoms with Gasteiger partial charge in [0, 0.05) is 5.92 Å². The third kappa shape index (κ3) is 2.95. The van der Waals surface area contributed by atoms with E-state index in [-0.39, 0.29) is 11.8 Å². The fraction of sp³-hybridized carbons (Fsp3) is 0.750. The average Bonchev–Trinajstić information content (AvgIpc) is 2.29. The summed E-state index contributed by atoms with van der Waals surface area (Å²) < 4.78 is 1.03. The monoisotopic (exact) mass is 319 g/mol. The van der Waals surface area contributed by atoms with Crippen LogP contribution in [-0.2, 0) is 4.79 Å². The van der Waals surface area contributed by atoms with Gasteiger partial charge in [0.05, 0.1) is 3.70 Å². The van der Waals surface area contributed by atoms with Crippen LogP contribution in [0.4, 0.5) is 0 Å². The first kappa shape index (κ1) is 11.4. The summed E-state index contributed by atoms with van der Waals surface area (Å²) in [4.78, 5) is 11.9. The molecule has 2 nitrogen and oxygen atoms in total. The fourth-order valence-corrected chi connectivity index (χ4v) is 3.38. The maximum atomic E-state index is 11.9. The number of allylic oxidation sites excluding steroid dienone is 1. The van der Waals surface area contributed by atoms with Crippen LogP contribution in [0, 0.1) is 11.8 Å². The minimum absolute atomic E-state index is 0.251. The van der Waals surface area contributed by atoms with E-state index in [9.17, 15) is 4.79 Å². The molecular weight excluding hydrogens is 301 g/mol. The summed E-state index contributed by atoms with van der Waals surface area (Å²) in [5.41, 5.74) is 0. The topological polar surface area (TPSA) is 29.1 Å². The number of carbonyl (C=O) groups is 1. The van der Waals surface area contributed by atoms with Crippen molar-refractivity contribution < 1.29 is 4.79 Å². The Bertz CT molecular complexity index is 275. The van der Waals surface area contributed by atoms with Gasteiger partial charge in [-0.2, -0.15) is 0 Å². The highest BCUT2D eigenvalue weighted by atomic mass is 127. The van der Waals surface area contributed by atoms with Gasteiger partial charge in [0.2, 0.25) is 5.91 Å². The molecule has 1 N–H and O–H groups in total. The van der Waals surface area contributed by atoms with Gasteiger partial charge in [0.25, 0.3) is 0 Å². The van der Waals surface area contributed by atoms with Gasteiger partial charge in [-0.15, -0.1) is 0 Å². The third-order valence-corrected chi connectivity index (χ3v) is 4.14. The molecule has 0 saturated heterocycles. The number of amides is 1. The van der Waals surface area contributed by atoms with Crippen LogP contribution in [0.15, 0.2) is 9.78 Å². The number of rotatable bonds is 0. The zero-order valence-electron chi connectivity index (χ0n) is 8.97. The van der Waals surface area contributed by atoms with Gasteiger partial charge in [-0.05, 0) is 41.4 Å². The number of nitrogens with one attached hydrogen (secondary N) is 1. The zero-order chi connectivity index (χ0) is 10.7. The normalized spacial score (nSPS) is 32.9. The van der Waals surface area contributed by atoms with E-state index in [1.165, 1.54) is 38.5 Å². The lowest BCUT2D eigenvalue weighted by atomic mass is 9.83. The van der Waals surface area contributed by atoms with Crippen molar-refractivity contribution >= 4 is 28.5 Å². The van der Waals surface area contributed by atoms with Crippen LogP contribution in [0.25, 0.3) is 0 Å². The van der Waals surface area contributed by atoms with Gasteiger partial charge in [-0.3, -0.25) is 4.79 Å². The lowest BCUT2D eigenvalue weighted by Gasteiger charge is -2.27. The van der Waals surface area contributed by atoms with Crippen LogP contribution in [0.3, 0.4) is 0 Å². The maximum Gasteiger partial charge on any atom is 0.228 e. The number of hydrogen-bond donors (Lipinski definition) is 1. The summed E-state index contributed by atoms with van der Waals surface area (Å²) in [6.07, 6.45) is 11.0. The Labute approximate surface area is 105 Å². The molecule has 2 unspecified atom stereocenters.